The second-order valence-electron chi connectivity index (χ2n) is 7.11. The van der Waals surface area contributed by atoms with Gasteiger partial charge in [0, 0.05) is 31.4 Å². The highest BCUT2D eigenvalue weighted by atomic mass is 19.1. The average molecular weight is 350 g/mol. The number of aryl methyl sites for hydroxylation is 1. The zero-order valence-corrected chi connectivity index (χ0v) is 14.7. The van der Waals surface area contributed by atoms with Gasteiger partial charge in [0.25, 0.3) is 0 Å². The zero-order chi connectivity index (χ0) is 17.8. The van der Waals surface area contributed by atoms with E-state index in [9.17, 15) is 14.3 Å². The van der Waals surface area contributed by atoms with E-state index in [1.165, 1.54) is 11.0 Å². The van der Waals surface area contributed by atoms with Gasteiger partial charge in [0.2, 0.25) is 0 Å². The number of hydrogen-bond acceptors (Lipinski definition) is 3. The predicted octanol–water partition coefficient (Wildman–Crippen LogP) is 3.33. The maximum Gasteiger partial charge on any atom is 0.408 e. The summed E-state index contributed by atoms with van der Waals surface area (Å²) in [5.74, 6) is -0.237. The number of ether oxygens (including phenoxy) is 1. The smallest absolute Gasteiger partial charge is 0.408 e. The first-order chi connectivity index (χ1) is 12.1. The van der Waals surface area contributed by atoms with Gasteiger partial charge in [-0.15, -0.1) is 0 Å². The van der Waals surface area contributed by atoms with Crippen molar-refractivity contribution in [1.82, 2.24) is 10.2 Å². The molecule has 3 rings (SSSR count). The van der Waals surface area contributed by atoms with E-state index < -0.39 is 12.1 Å². The second kappa shape index (κ2) is 8.15. The molecule has 2 unspecified atom stereocenters. The number of benzene rings is 1. The van der Waals surface area contributed by atoms with Crippen LogP contribution in [0.25, 0.3) is 0 Å². The number of halogens is 1. The number of rotatable bonds is 4. The molecule has 1 aromatic rings. The molecular formula is C19H27FN2O3. The summed E-state index contributed by atoms with van der Waals surface area (Å²) in [6, 6.07) is 4.54. The quantitative estimate of drug-likeness (QED) is 0.874. The molecule has 0 spiro atoms. The van der Waals surface area contributed by atoms with Crippen LogP contribution < -0.4 is 5.32 Å². The van der Waals surface area contributed by atoms with Crippen LogP contribution in [0.3, 0.4) is 0 Å². The van der Waals surface area contributed by atoms with Gasteiger partial charge >= 0.3 is 6.09 Å². The van der Waals surface area contributed by atoms with Gasteiger partial charge in [0.1, 0.15) is 5.82 Å². The first-order valence-corrected chi connectivity index (χ1v) is 9.13. The van der Waals surface area contributed by atoms with Crippen LogP contribution in [-0.4, -0.2) is 48.4 Å². The van der Waals surface area contributed by atoms with Gasteiger partial charge in [-0.3, -0.25) is 4.90 Å². The Balaban J connectivity index is 1.99. The largest absolute Gasteiger partial charge is 0.465 e. The molecule has 1 aromatic carbocycles. The number of nitrogens with zero attached hydrogens (tertiary/aromatic N) is 1. The van der Waals surface area contributed by atoms with Crippen molar-refractivity contribution in [3.63, 3.8) is 0 Å². The normalized spacial score (nSPS) is 23.2. The Kier molecular flexibility index (Phi) is 5.91. The van der Waals surface area contributed by atoms with Crippen LogP contribution in [0.15, 0.2) is 18.2 Å². The Bertz CT molecular complexity index is 598. The van der Waals surface area contributed by atoms with Crippen molar-refractivity contribution in [2.75, 3.05) is 26.3 Å². The van der Waals surface area contributed by atoms with Crippen molar-refractivity contribution < 1.29 is 19.0 Å². The molecule has 2 saturated heterocycles. The molecule has 25 heavy (non-hydrogen) atoms. The number of amides is 1. The minimum Gasteiger partial charge on any atom is -0.465 e. The van der Waals surface area contributed by atoms with Gasteiger partial charge < -0.3 is 15.2 Å². The summed E-state index contributed by atoms with van der Waals surface area (Å²) in [5.41, 5.74) is 1.34. The molecule has 2 N–H and O–H groups in total. The second-order valence-corrected chi connectivity index (χ2v) is 7.11. The fraction of sp³-hybridized carbons (Fsp3) is 0.632. The number of hydrogen-bond donors (Lipinski definition) is 2. The van der Waals surface area contributed by atoms with E-state index in [0.29, 0.717) is 38.2 Å². The molecule has 0 radical (unpaired) electrons. The van der Waals surface area contributed by atoms with E-state index in [-0.39, 0.29) is 17.8 Å². The summed E-state index contributed by atoms with van der Waals surface area (Å²) in [5, 5.41) is 13.3. The van der Waals surface area contributed by atoms with Crippen molar-refractivity contribution >= 4 is 6.09 Å². The standard InChI is InChI=1S/C19H27FN2O3/c1-13-4-5-16(17(20)11-13)18(14-3-2-8-21-12-14)22(19(23)24)15-6-9-25-10-7-15/h4-5,11,14-15,18,21H,2-3,6-10,12H2,1H3,(H,23,24). The lowest BCUT2D eigenvalue weighted by Gasteiger charge is -2.43. The summed E-state index contributed by atoms with van der Waals surface area (Å²) in [4.78, 5) is 13.7. The monoisotopic (exact) mass is 350 g/mol. The fourth-order valence-corrected chi connectivity index (χ4v) is 4.12. The minimum atomic E-state index is -0.970. The van der Waals surface area contributed by atoms with E-state index >= 15 is 0 Å². The molecule has 0 saturated carbocycles. The van der Waals surface area contributed by atoms with Crippen LogP contribution in [-0.2, 0) is 4.74 Å². The molecule has 2 heterocycles. The lowest BCUT2D eigenvalue weighted by atomic mass is 9.84. The zero-order valence-electron chi connectivity index (χ0n) is 14.7. The van der Waals surface area contributed by atoms with Gasteiger partial charge in [-0.05, 0) is 56.7 Å². The number of carboxylic acid groups (broad SMARTS) is 1. The fourth-order valence-electron chi connectivity index (χ4n) is 4.12. The number of carbonyl (C=O) groups is 1. The van der Waals surface area contributed by atoms with Crippen LogP contribution in [0.4, 0.5) is 9.18 Å². The van der Waals surface area contributed by atoms with Gasteiger partial charge in [0.05, 0.1) is 6.04 Å². The van der Waals surface area contributed by atoms with Gasteiger partial charge in [-0.25, -0.2) is 9.18 Å². The molecule has 2 fully saturated rings. The van der Waals surface area contributed by atoms with Crippen molar-refractivity contribution in [3.05, 3.63) is 35.1 Å². The summed E-state index contributed by atoms with van der Waals surface area (Å²) < 4.78 is 20.2. The molecule has 138 valence electrons. The molecule has 2 aliphatic heterocycles. The SMILES string of the molecule is Cc1ccc(C(C2CCCNC2)N(C(=O)O)C2CCOCC2)c(F)c1. The van der Waals surface area contributed by atoms with Crippen LogP contribution in [0.5, 0.6) is 0 Å². The van der Waals surface area contributed by atoms with E-state index in [2.05, 4.69) is 5.32 Å². The summed E-state index contributed by atoms with van der Waals surface area (Å²) in [6.07, 6.45) is 2.24. The van der Waals surface area contributed by atoms with E-state index in [1.807, 2.05) is 13.0 Å². The summed E-state index contributed by atoms with van der Waals surface area (Å²) in [7, 11) is 0. The summed E-state index contributed by atoms with van der Waals surface area (Å²) >= 11 is 0. The Morgan fingerprint density at radius 1 is 1.36 bits per heavy atom. The molecule has 0 bridgehead atoms. The van der Waals surface area contributed by atoms with Crippen molar-refractivity contribution in [1.29, 1.82) is 0 Å². The van der Waals surface area contributed by atoms with Crippen molar-refractivity contribution in [2.24, 2.45) is 5.92 Å². The van der Waals surface area contributed by atoms with Crippen LogP contribution in [0.2, 0.25) is 0 Å². The Labute approximate surface area is 148 Å². The Morgan fingerprint density at radius 3 is 2.72 bits per heavy atom. The van der Waals surface area contributed by atoms with Crippen molar-refractivity contribution in [2.45, 2.75) is 44.7 Å². The third-order valence-electron chi connectivity index (χ3n) is 5.36. The highest BCUT2D eigenvalue weighted by molar-refractivity contribution is 5.66. The molecule has 5 nitrogen and oxygen atoms in total. The maximum atomic E-state index is 14.8. The van der Waals surface area contributed by atoms with Crippen molar-refractivity contribution in [3.8, 4) is 0 Å². The van der Waals surface area contributed by atoms with E-state index in [0.717, 1.165) is 24.9 Å². The highest BCUT2D eigenvalue weighted by Crippen LogP contribution is 2.37. The maximum absolute atomic E-state index is 14.8. The van der Waals surface area contributed by atoms with E-state index in [4.69, 9.17) is 4.74 Å². The lowest BCUT2D eigenvalue weighted by Crippen LogP contribution is -2.49. The third-order valence-corrected chi connectivity index (χ3v) is 5.36. The molecule has 2 aliphatic rings. The van der Waals surface area contributed by atoms with Crippen LogP contribution in [0.1, 0.15) is 42.9 Å². The third kappa shape index (κ3) is 4.12. The summed E-state index contributed by atoms with van der Waals surface area (Å²) in [6.45, 7) is 4.60. The Hall–Kier alpha value is -1.66. The molecule has 1 amide bonds. The van der Waals surface area contributed by atoms with E-state index in [1.54, 1.807) is 6.07 Å². The van der Waals surface area contributed by atoms with Crippen LogP contribution in [0, 0.1) is 18.7 Å². The topological polar surface area (TPSA) is 61.8 Å². The first kappa shape index (κ1) is 18.1. The number of nitrogens with one attached hydrogen (secondary N) is 1. The first-order valence-electron chi connectivity index (χ1n) is 9.13. The predicted molar refractivity (Wildman–Crippen MR) is 93.2 cm³/mol. The van der Waals surface area contributed by atoms with Gasteiger partial charge in [0.15, 0.2) is 0 Å². The molecule has 2 atom stereocenters. The average Bonchev–Trinajstić information content (AvgIpc) is 2.61. The Morgan fingerprint density at radius 2 is 2.12 bits per heavy atom. The highest BCUT2D eigenvalue weighted by Gasteiger charge is 2.39. The lowest BCUT2D eigenvalue weighted by molar-refractivity contribution is 0.00631. The molecular weight excluding hydrogens is 323 g/mol. The molecule has 0 aromatic heterocycles. The van der Waals surface area contributed by atoms with Gasteiger partial charge in [-0.2, -0.15) is 0 Å². The molecule has 6 heteroatoms. The van der Waals surface area contributed by atoms with Crippen LogP contribution >= 0.6 is 0 Å². The molecule has 0 aliphatic carbocycles. The minimum absolute atomic E-state index is 0.0740. The van der Waals surface area contributed by atoms with Gasteiger partial charge in [-0.1, -0.05) is 12.1 Å². The number of piperidine rings is 1.